The molecule has 0 amide bonds. The van der Waals surface area contributed by atoms with Gasteiger partial charge in [0.2, 0.25) is 0 Å². The first-order valence-electron chi connectivity index (χ1n) is 12.0. The predicted molar refractivity (Wildman–Crippen MR) is 130 cm³/mol. The lowest BCUT2D eigenvalue weighted by Gasteiger charge is -2.33. The van der Waals surface area contributed by atoms with Crippen LogP contribution in [0.5, 0.6) is 0 Å². The van der Waals surface area contributed by atoms with E-state index in [1.165, 1.54) is 67.3 Å². The zero-order chi connectivity index (χ0) is 21.8. The van der Waals surface area contributed by atoms with Crippen molar-refractivity contribution in [1.29, 1.82) is 0 Å². The van der Waals surface area contributed by atoms with E-state index in [1.807, 2.05) is 4.57 Å². The van der Waals surface area contributed by atoms with Crippen molar-refractivity contribution in [1.82, 2.24) is 24.6 Å². The van der Waals surface area contributed by atoms with Gasteiger partial charge in [-0.25, -0.2) is 0 Å². The molecule has 1 aliphatic rings. The van der Waals surface area contributed by atoms with Gasteiger partial charge in [-0.3, -0.25) is 4.57 Å². The molecule has 3 heterocycles. The maximum Gasteiger partial charge on any atom is 0.123 e. The van der Waals surface area contributed by atoms with Gasteiger partial charge in [0.1, 0.15) is 12.7 Å². The summed E-state index contributed by atoms with van der Waals surface area (Å²) in [5.41, 5.74) is 5.20. The van der Waals surface area contributed by atoms with E-state index in [0.717, 1.165) is 18.0 Å². The molecule has 2 aromatic heterocycles. The number of aromatic amines is 1. The van der Waals surface area contributed by atoms with Crippen LogP contribution in [0.25, 0.3) is 16.6 Å². The highest BCUT2D eigenvalue weighted by Crippen LogP contribution is 2.27. The molecule has 166 valence electrons. The lowest BCUT2D eigenvalue weighted by Crippen LogP contribution is -2.36. The summed E-state index contributed by atoms with van der Waals surface area (Å²) in [5, 5.41) is 9.18. The number of hydrogen-bond donors (Lipinski definition) is 1. The molecule has 5 heteroatoms. The molecule has 5 nitrogen and oxygen atoms in total. The molecule has 0 aliphatic carbocycles. The summed E-state index contributed by atoms with van der Waals surface area (Å²) >= 11 is 0. The minimum Gasteiger partial charge on any atom is -0.361 e. The Labute approximate surface area is 190 Å². The van der Waals surface area contributed by atoms with Crippen molar-refractivity contribution in [2.75, 3.05) is 19.6 Å². The highest BCUT2D eigenvalue weighted by atomic mass is 15.2. The SMILES string of the molecule is CC(CN1CCC(CCCc2c[nH]c3ccc(-n4cnnc4)cc23)CC1)c1ccccc1. The smallest absolute Gasteiger partial charge is 0.123 e. The fraction of sp³-hybridized carbons (Fsp3) is 0.407. The van der Waals surface area contributed by atoms with Gasteiger partial charge in [-0.15, -0.1) is 10.2 Å². The monoisotopic (exact) mass is 427 g/mol. The van der Waals surface area contributed by atoms with Gasteiger partial charge in [0, 0.05) is 29.3 Å². The van der Waals surface area contributed by atoms with E-state index < -0.39 is 0 Å². The quantitative estimate of drug-likeness (QED) is 0.399. The third kappa shape index (κ3) is 4.78. The average Bonchev–Trinajstić information content (AvgIpc) is 3.51. The molecule has 0 spiro atoms. The lowest BCUT2D eigenvalue weighted by molar-refractivity contribution is 0.171. The highest BCUT2D eigenvalue weighted by Gasteiger charge is 2.20. The summed E-state index contributed by atoms with van der Waals surface area (Å²) in [5.74, 6) is 1.48. The van der Waals surface area contributed by atoms with Gasteiger partial charge in [-0.05, 0) is 79.9 Å². The summed E-state index contributed by atoms with van der Waals surface area (Å²) in [6.45, 7) is 6.03. The largest absolute Gasteiger partial charge is 0.361 e. The number of hydrogen-bond acceptors (Lipinski definition) is 3. The van der Waals surface area contributed by atoms with Gasteiger partial charge < -0.3 is 9.88 Å². The van der Waals surface area contributed by atoms with Crippen LogP contribution in [-0.4, -0.2) is 44.3 Å². The first kappa shape index (κ1) is 21.0. The molecule has 1 aliphatic heterocycles. The highest BCUT2D eigenvalue weighted by molar-refractivity contribution is 5.85. The topological polar surface area (TPSA) is 49.7 Å². The van der Waals surface area contributed by atoms with E-state index in [-0.39, 0.29) is 0 Å². The van der Waals surface area contributed by atoms with Crippen LogP contribution in [0.3, 0.4) is 0 Å². The molecule has 2 aromatic carbocycles. The fourth-order valence-corrected chi connectivity index (χ4v) is 5.18. The molecule has 1 N–H and O–H groups in total. The predicted octanol–water partition coefficient (Wildman–Crippen LogP) is 5.59. The Morgan fingerprint density at radius 3 is 2.59 bits per heavy atom. The second kappa shape index (κ2) is 9.70. The number of aryl methyl sites for hydroxylation is 1. The molecule has 1 fully saturated rings. The first-order valence-corrected chi connectivity index (χ1v) is 12.0. The fourth-order valence-electron chi connectivity index (χ4n) is 5.18. The number of benzene rings is 2. The lowest BCUT2D eigenvalue weighted by atomic mass is 9.90. The second-order valence-corrected chi connectivity index (χ2v) is 9.36. The molecule has 5 rings (SSSR count). The van der Waals surface area contributed by atoms with Crippen LogP contribution in [-0.2, 0) is 6.42 Å². The van der Waals surface area contributed by atoms with Gasteiger partial charge in [-0.2, -0.15) is 0 Å². The Bertz CT molecular complexity index is 1110. The standard InChI is InChI=1S/C27H33N5/c1-21(23-7-3-2-4-8-23)18-31-14-12-22(13-15-31)6-5-9-24-17-28-27-11-10-25(16-26(24)27)32-19-29-30-20-32/h2-4,7-8,10-11,16-17,19-22,28H,5-6,9,12-15,18H2,1H3. The van der Waals surface area contributed by atoms with Gasteiger partial charge in [0.05, 0.1) is 0 Å². The first-order chi connectivity index (χ1) is 15.8. The van der Waals surface area contributed by atoms with Crippen molar-refractivity contribution in [3.63, 3.8) is 0 Å². The van der Waals surface area contributed by atoms with E-state index in [1.54, 1.807) is 12.7 Å². The molecule has 1 atom stereocenters. The average molecular weight is 428 g/mol. The Balaban J connectivity index is 1.10. The summed E-state index contributed by atoms with van der Waals surface area (Å²) in [7, 11) is 0. The van der Waals surface area contributed by atoms with E-state index in [9.17, 15) is 0 Å². The number of rotatable bonds is 8. The van der Waals surface area contributed by atoms with Crippen molar-refractivity contribution in [2.45, 2.75) is 44.9 Å². The van der Waals surface area contributed by atoms with Crippen LogP contribution in [0.4, 0.5) is 0 Å². The Kier molecular flexibility index (Phi) is 6.35. The van der Waals surface area contributed by atoms with Crippen LogP contribution in [0, 0.1) is 5.92 Å². The van der Waals surface area contributed by atoms with Crippen molar-refractivity contribution in [2.24, 2.45) is 5.92 Å². The van der Waals surface area contributed by atoms with Gasteiger partial charge >= 0.3 is 0 Å². The van der Waals surface area contributed by atoms with E-state index in [4.69, 9.17) is 0 Å². The summed E-state index contributed by atoms with van der Waals surface area (Å²) < 4.78 is 1.96. The number of fused-ring (bicyclic) bond motifs is 1. The molecule has 0 saturated carbocycles. The molecule has 32 heavy (non-hydrogen) atoms. The van der Waals surface area contributed by atoms with Crippen LogP contribution in [0.1, 0.15) is 49.7 Å². The van der Waals surface area contributed by atoms with Crippen LogP contribution >= 0.6 is 0 Å². The molecule has 0 radical (unpaired) electrons. The van der Waals surface area contributed by atoms with Crippen molar-refractivity contribution in [3.8, 4) is 5.69 Å². The zero-order valence-electron chi connectivity index (χ0n) is 19.0. The van der Waals surface area contributed by atoms with E-state index >= 15 is 0 Å². The van der Waals surface area contributed by atoms with Crippen LogP contribution < -0.4 is 0 Å². The maximum atomic E-state index is 3.93. The number of aromatic nitrogens is 4. The van der Waals surface area contributed by atoms with Crippen LogP contribution in [0.15, 0.2) is 67.4 Å². The van der Waals surface area contributed by atoms with Gasteiger partial charge in [0.15, 0.2) is 0 Å². The van der Waals surface area contributed by atoms with Crippen molar-refractivity contribution in [3.05, 3.63) is 78.5 Å². The number of likely N-dealkylation sites (tertiary alicyclic amines) is 1. The van der Waals surface area contributed by atoms with Crippen molar-refractivity contribution >= 4 is 10.9 Å². The van der Waals surface area contributed by atoms with Crippen molar-refractivity contribution < 1.29 is 0 Å². The van der Waals surface area contributed by atoms with Crippen LogP contribution in [0.2, 0.25) is 0 Å². The number of nitrogens with one attached hydrogen (secondary N) is 1. The van der Waals surface area contributed by atoms with Gasteiger partial charge in [0.25, 0.3) is 0 Å². The van der Waals surface area contributed by atoms with E-state index in [2.05, 4.69) is 81.7 Å². The minimum atomic E-state index is 0.609. The minimum absolute atomic E-state index is 0.609. The number of piperidine rings is 1. The normalized spacial score (nSPS) is 16.5. The third-order valence-electron chi connectivity index (χ3n) is 7.13. The molecule has 1 unspecified atom stereocenters. The molecular formula is C27H33N5. The Hall–Kier alpha value is -2.92. The molecular weight excluding hydrogens is 394 g/mol. The van der Waals surface area contributed by atoms with Gasteiger partial charge in [-0.1, -0.05) is 43.7 Å². The molecule has 0 bridgehead atoms. The Morgan fingerprint density at radius 1 is 1.03 bits per heavy atom. The Morgan fingerprint density at radius 2 is 1.81 bits per heavy atom. The maximum absolute atomic E-state index is 3.93. The molecule has 1 saturated heterocycles. The second-order valence-electron chi connectivity index (χ2n) is 9.36. The molecule has 4 aromatic rings. The third-order valence-corrected chi connectivity index (χ3v) is 7.13. The zero-order valence-corrected chi connectivity index (χ0v) is 19.0. The summed E-state index contributed by atoms with van der Waals surface area (Å²) in [4.78, 5) is 6.11. The number of H-pyrrole nitrogens is 1. The summed E-state index contributed by atoms with van der Waals surface area (Å²) in [6, 6.07) is 17.4. The van der Waals surface area contributed by atoms with E-state index in [0.29, 0.717) is 5.92 Å². The summed E-state index contributed by atoms with van der Waals surface area (Å²) in [6.07, 6.45) is 12.1. The number of nitrogens with zero attached hydrogens (tertiary/aromatic N) is 4.